The molecular weight excluding hydrogens is 330 g/mol. The first-order valence-corrected chi connectivity index (χ1v) is 7.46. The van der Waals surface area contributed by atoms with Crippen LogP contribution in [0.3, 0.4) is 0 Å². The lowest BCUT2D eigenvalue weighted by Gasteiger charge is -2.45. The lowest BCUT2D eigenvalue weighted by molar-refractivity contribution is -0.134. The van der Waals surface area contributed by atoms with Crippen LogP contribution in [0.15, 0.2) is 35.8 Å². The quantitative estimate of drug-likeness (QED) is 0.155. The third-order valence-electron chi connectivity index (χ3n) is 3.96. The number of aliphatic carboxylic acids is 2. The van der Waals surface area contributed by atoms with Gasteiger partial charge in [0.25, 0.3) is 0 Å². The number of amidine groups is 1. The van der Waals surface area contributed by atoms with Crippen molar-refractivity contribution in [3.05, 3.63) is 36.2 Å². The summed E-state index contributed by atoms with van der Waals surface area (Å²) in [5.41, 5.74) is 7.25. The molecule has 0 saturated carbocycles. The van der Waals surface area contributed by atoms with Gasteiger partial charge in [-0.15, -0.1) is 0 Å². The van der Waals surface area contributed by atoms with Crippen LogP contribution < -0.4 is 16.0 Å². The Bertz CT molecular complexity index is 689. The highest BCUT2D eigenvalue weighted by atomic mass is 16.4. The highest BCUT2D eigenvalue weighted by Gasteiger charge is 2.42. The molecule has 0 spiro atoms. The zero-order valence-corrected chi connectivity index (χ0v) is 13.2. The smallest absolute Gasteiger partial charge is 0.328 e. The maximum Gasteiger partial charge on any atom is 0.328 e. The molecule has 0 amide bonds. The van der Waals surface area contributed by atoms with Crippen molar-refractivity contribution in [3.8, 4) is 0 Å². The van der Waals surface area contributed by atoms with Crippen LogP contribution in [0.5, 0.6) is 0 Å². The van der Waals surface area contributed by atoms with Crippen LogP contribution >= 0.6 is 0 Å². The minimum Gasteiger partial charge on any atom is -0.478 e. The van der Waals surface area contributed by atoms with Crippen molar-refractivity contribution >= 4 is 23.5 Å². The van der Waals surface area contributed by atoms with Gasteiger partial charge < -0.3 is 31.4 Å². The SMILES string of the molecule is N/C(=N/O)c1cncc(N2C[C@H]3CNC[C@H]32)c1.O=C(O)/C=C/C(=O)O. The number of oxime groups is 1. The summed E-state index contributed by atoms with van der Waals surface area (Å²) in [6, 6.07) is 2.48. The van der Waals surface area contributed by atoms with Gasteiger partial charge in [-0.2, -0.15) is 0 Å². The van der Waals surface area contributed by atoms with Crippen LogP contribution in [0.2, 0.25) is 0 Å². The Morgan fingerprint density at radius 1 is 1.28 bits per heavy atom. The third-order valence-corrected chi connectivity index (χ3v) is 3.96. The molecule has 0 aromatic carbocycles. The maximum atomic E-state index is 9.55. The van der Waals surface area contributed by atoms with E-state index in [4.69, 9.17) is 21.2 Å². The van der Waals surface area contributed by atoms with E-state index >= 15 is 0 Å². The number of anilines is 1. The molecule has 0 bridgehead atoms. The zero-order chi connectivity index (χ0) is 18.4. The van der Waals surface area contributed by atoms with Crippen molar-refractivity contribution in [2.45, 2.75) is 6.04 Å². The van der Waals surface area contributed by atoms with Crippen molar-refractivity contribution in [3.63, 3.8) is 0 Å². The van der Waals surface area contributed by atoms with Gasteiger partial charge in [-0.1, -0.05) is 5.16 Å². The Morgan fingerprint density at radius 2 is 1.96 bits per heavy atom. The fraction of sp³-hybridized carbons (Fsp3) is 0.333. The molecule has 1 aromatic rings. The number of fused-ring (bicyclic) bond motifs is 1. The van der Waals surface area contributed by atoms with Gasteiger partial charge in [-0.3, -0.25) is 4.98 Å². The van der Waals surface area contributed by atoms with Crippen molar-refractivity contribution < 1.29 is 25.0 Å². The predicted molar refractivity (Wildman–Crippen MR) is 88.7 cm³/mol. The number of carboxylic acid groups (broad SMARTS) is 2. The molecule has 0 unspecified atom stereocenters. The van der Waals surface area contributed by atoms with E-state index in [1.165, 1.54) is 0 Å². The maximum absolute atomic E-state index is 9.55. The lowest BCUT2D eigenvalue weighted by Crippen LogP contribution is -2.55. The molecule has 2 aliphatic rings. The first-order valence-electron chi connectivity index (χ1n) is 7.46. The molecular formula is C15H19N5O5. The van der Waals surface area contributed by atoms with Crippen LogP contribution in [0.1, 0.15) is 5.56 Å². The minimum absolute atomic E-state index is 0.0981. The average molecular weight is 349 g/mol. The van der Waals surface area contributed by atoms with E-state index in [-0.39, 0.29) is 5.84 Å². The van der Waals surface area contributed by atoms with Gasteiger partial charge in [-0.25, -0.2) is 9.59 Å². The molecule has 2 aliphatic heterocycles. The van der Waals surface area contributed by atoms with Crippen LogP contribution in [-0.4, -0.2) is 63.9 Å². The summed E-state index contributed by atoms with van der Waals surface area (Å²) >= 11 is 0. The van der Waals surface area contributed by atoms with Crippen LogP contribution in [-0.2, 0) is 9.59 Å². The van der Waals surface area contributed by atoms with Crippen LogP contribution in [0, 0.1) is 5.92 Å². The number of nitrogens with one attached hydrogen (secondary N) is 1. The van der Waals surface area contributed by atoms with Crippen molar-refractivity contribution in [2.24, 2.45) is 16.8 Å². The molecule has 2 fully saturated rings. The van der Waals surface area contributed by atoms with Gasteiger partial charge in [0.1, 0.15) is 0 Å². The first kappa shape index (κ1) is 18.2. The molecule has 6 N–H and O–H groups in total. The molecule has 10 heteroatoms. The number of carbonyl (C=O) groups is 2. The van der Waals surface area contributed by atoms with E-state index in [0.717, 1.165) is 31.2 Å². The highest BCUT2D eigenvalue weighted by Crippen LogP contribution is 2.32. The molecule has 134 valence electrons. The van der Waals surface area contributed by atoms with Crippen molar-refractivity contribution in [1.29, 1.82) is 0 Å². The Labute approximate surface area is 143 Å². The Kier molecular flexibility index (Phi) is 5.90. The summed E-state index contributed by atoms with van der Waals surface area (Å²) < 4.78 is 0. The standard InChI is InChI=1S/C11H15N5O.C4H4O4/c12-11(15-17)7-1-9(4-13-2-7)16-6-8-3-14-5-10(8)16;5-3(6)1-2-4(7)8/h1-2,4,8,10,14,17H,3,5-6H2,(H2,12,15);1-2H,(H,5,6)(H,7,8)/b;2-1+/t8-,10-;/m1./s1. The Balaban J connectivity index is 0.000000242. The number of aromatic nitrogens is 1. The Morgan fingerprint density at radius 3 is 2.52 bits per heavy atom. The molecule has 25 heavy (non-hydrogen) atoms. The Hall–Kier alpha value is -3.14. The molecule has 3 rings (SSSR count). The summed E-state index contributed by atoms with van der Waals surface area (Å²) in [6.45, 7) is 3.19. The van der Waals surface area contributed by atoms with Crippen LogP contribution in [0.25, 0.3) is 0 Å². The largest absolute Gasteiger partial charge is 0.478 e. The monoisotopic (exact) mass is 349 g/mol. The second-order valence-corrected chi connectivity index (χ2v) is 5.56. The van der Waals surface area contributed by atoms with E-state index in [2.05, 4.69) is 20.4 Å². The van der Waals surface area contributed by atoms with E-state index in [0.29, 0.717) is 23.8 Å². The second kappa shape index (κ2) is 8.11. The molecule has 10 nitrogen and oxygen atoms in total. The summed E-state index contributed by atoms with van der Waals surface area (Å²) in [6.07, 6.45) is 4.54. The van der Waals surface area contributed by atoms with Gasteiger partial charge in [0.15, 0.2) is 5.84 Å². The first-order chi connectivity index (χ1) is 11.9. The average Bonchev–Trinajstić information content (AvgIpc) is 2.94. The number of rotatable bonds is 4. The fourth-order valence-electron chi connectivity index (χ4n) is 2.74. The van der Waals surface area contributed by atoms with Gasteiger partial charge in [0, 0.05) is 55.5 Å². The van der Waals surface area contributed by atoms with Crippen LogP contribution in [0.4, 0.5) is 5.69 Å². The predicted octanol–water partition coefficient (Wildman–Crippen LogP) is -0.704. The number of hydrogen-bond donors (Lipinski definition) is 5. The topological polar surface area (TPSA) is 161 Å². The number of nitrogens with two attached hydrogens (primary N) is 1. The minimum atomic E-state index is -1.26. The normalized spacial score (nSPS) is 21.9. The second-order valence-electron chi connectivity index (χ2n) is 5.56. The zero-order valence-electron chi connectivity index (χ0n) is 13.2. The molecule has 3 heterocycles. The third kappa shape index (κ3) is 4.67. The summed E-state index contributed by atoms with van der Waals surface area (Å²) in [7, 11) is 0. The number of hydrogen-bond acceptors (Lipinski definition) is 7. The lowest BCUT2D eigenvalue weighted by atomic mass is 9.91. The molecule has 2 atom stereocenters. The van der Waals surface area contributed by atoms with Gasteiger partial charge in [0.05, 0.1) is 11.9 Å². The van der Waals surface area contributed by atoms with E-state index in [1.807, 2.05) is 12.3 Å². The highest BCUT2D eigenvalue weighted by molar-refractivity contribution is 5.97. The molecule has 1 aromatic heterocycles. The van der Waals surface area contributed by atoms with Gasteiger partial charge >= 0.3 is 11.9 Å². The molecule has 0 aliphatic carbocycles. The molecule has 2 saturated heterocycles. The summed E-state index contributed by atoms with van der Waals surface area (Å²) in [5.74, 6) is -1.66. The summed E-state index contributed by atoms with van der Waals surface area (Å²) in [5, 5.41) is 30.7. The summed E-state index contributed by atoms with van der Waals surface area (Å²) in [4.78, 5) is 25.6. The molecule has 0 radical (unpaired) electrons. The fourth-order valence-corrected chi connectivity index (χ4v) is 2.74. The van der Waals surface area contributed by atoms with Crippen molar-refractivity contribution in [1.82, 2.24) is 10.3 Å². The van der Waals surface area contributed by atoms with Gasteiger partial charge in [0.2, 0.25) is 0 Å². The number of pyridine rings is 1. The van der Waals surface area contributed by atoms with Crippen molar-refractivity contribution in [2.75, 3.05) is 24.5 Å². The van der Waals surface area contributed by atoms with Gasteiger partial charge in [-0.05, 0) is 6.07 Å². The number of carboxylic acids is 2. The van der Waals surface area contributed by atoms with E-state index < -0.39 is 11.9 Å². The number of nitrogens with zero attached hydrogens (tertiary/aromatic N) is 3. The van der Waals surface area contributed by atoms with E-state index in [1.54, 1.807) is 6.20 Å². The van der Waals surface area contributed by atoms with E-state index in [9.17, 15) is 9.59 Å².